The summed E-state index contributed by atoms with van der Waals surface area (Å²) in [6.45, 7) is 0.639. The monoisotopic (exact) mass is 360 g/mol. The first-order chi connectivity index (χ1) is 8.19. The van der Waals surface area contributed by atoms with Crippen molar-refractivity contribution in [1.29, 1.82) is 5.41 Å². The number of allylic oxidation sites excluding steroid dienone is 1. The molecule has 0 atom stereocenters. The SMILES string of the molecule is CN/C=C(/Br)C(=N)c1ccc(OCCBr)cc1. The van der Waals surface area contributed by atoms with E-state index in [1.165, 1.54) is 0 Å². The van der Waals surface area contributed by atoms with Crippen LogP contribution in [0.5, 0.6) is 5.75 Å². The van der Waals surface area contributed by atoms with Crippen LogP contribution < -0.4 is 10.1 Å². The van der Waals surface area contributed by atoms with Crippen molar-refractivity contribution in [3.05, 3.63) is 40.5 Å². The molecule has 1 aromatic rings. The minimum absolute atomic E-state index is 0.436. The number of ether oxygens (including phenoxy) is 1. The molecular formula is C12H14Br2N2O. The summed E-state index contributed by atoms with van der Waals surface area (Å²) < 4.78 is 6.16. The molecule has 92 valence electrons. The van der Waals surface area contributed by atoms with E-state index in [0.717, 1.165) is 16.6 Å². The Hall–Kier alpha value is -0.810. The minimum atomic E-state index is 0.436. The van der Waals surface area contributed by atoms with Gasteiger partial charge in [0.1, 0.15) is 5.75 Å². The van der Waals surface area contributed by atoms with Crippen molar-refractivity contribution in [2.75, 3.05) is 19.0 Å². The van der Waals surface area contributed by atoms with E-state index in [1.807, 2.05) is 24.3 Å². The van der Waals surface area contributed by atoms with Crippen molar-refractivity contribution in [1.82, 2.24) is 5.32 Å². The Morgan fingerprint density at radius 2 is 2.06 bits per heavy atom. The van der Waals surface area contributed by atoms with Gasteiger partial charge in [-0.1, -0.05) is 15.9 Å². The molecular weight excluding hydrogens is 348 g/mol. The third-order valence-electron chi connectivity index (χ3n) is 2.00. The summed E-state index contributed by atoms with van der Waals surface area (Å²) in [7, 11) is 1.80. The van der Waals surface area contributed by atoms with Gasteiger partial charge in [0.15, 0.2) is 0 Å². The minimum Gasteiger partial charge on any atom is -0.493 e. The van der Waals surface area contributed by atoms with Crippen molar-refractivity contribution in [3.8, 4) is 5.75 Å². The molecule has 0 unspecified atom stereocenters. The van der Waals surface area contributed by atoms with Gasteiger partial charge in [0.05, 0.1) is 16.8 Å². The highest BCUT2D eigenvalue weighted by atomic mass is 79.9. The van der Waals surface area contributed by atoms with Crippen LogP contribution in [0.4, 0.5) is 0 Å². The van der Waals surface area contributed by atoms with Crippen LogP contribution in [0.2, 0.25) is 0 Å². The Morgan fingerprint density at radius 1 is 1.41 bits per heavy atom. The fourth-order valence-electron chi connectivity index (χ4n) is 1.21. The normalized spacial score (nSPS) is 11.1. The molecule has 0 spiro atoms. The van der Waals surface area contributed by atoms with Gasteiger partial charge in [0.2, 0.25) is 0 Å². The van der Waals surface area contributed by atoms with Crippen LogP contribution in [-0.4, -0.2) is 24.7 Å². The van der Waals surface area contributed by atoms with E-state index in [4.69, 9.17) is 10.1 Å². The van der Waals surface area contributed by atoms with Crippen LogP contribution in [0, 0.1) is 5.41 Å². The first kappa shape index (κ1) is 14.3. The second kappa shape index (κ2) is 7.50. The van der Waals surface area contributed by atoms with Gasteiger partial charge >= 0.3 is 0 Å². The third-order valence-corrected chi connectivity index (χ3v) is 2.95. The van der Waals surface area contributed by atoms with E-state index in [0.29, 0.717) is 16.8 Å². The van der Waals surface area contributed by atoms with Gasteiger partial charge in [0.25, 0.3) is 0 Å². The van der Waals surface area contributed by atoms with Gasteiger partial charge in [-0.05, 0) is 40.2 Å². The Bertz CT molecular complexity index is 401. The summed E-state index contributed by atoms with van der Waals surface area (Å²) in [6.07, 6.45) is 1.73. The van der Waals surface area contributed by atoms with E-state index in [1.54, 1.807) is 13.2 Å². The predicted molar refractivity (Wildman–Crippen MR) is 78.6 cm³/mol. The number of alkyl halides is 1. The molecule has 0 aromatic heterocycles. The van der Waals surface area contributed by atoms with Crippen molar-refractivity contribution in [2.45, 2.75) is 0 Å². The molecule has 0 aliphatic carbocycles. The molecule has 0 fully saturated rings. The zero-order valence-corrected chi connectivity index (χ0v) is 12.6. The lowest BCUT2D eigenvalue weighted by atomic mass is 10.1. The maximum atomic E-state index is 7.94. The molecule has 0 bridgehead atoms. The van der Waals surface area contributed by atoms with Gasteiger partial charge in [0, 0.05) is 24.1 Å². The Balaban J connectivity index is 2.73. The fourth-order valence-corrected chi connectivity index (χ4v) is 1.83. The fraction of sp³-hybridized carbons (Fsp3) is 0.250. The average molecular weight is 362 g/mol. The molecule has 0 heterocycles. The number of hydrogen-bond donors (Lipinski definition) is 2. The Morgan fingerprint density at radius 3 is 2.59 bits per heavy atom. The van der Waals surface area contributed by atoms with Crippen molar-refractivity contribution in [3.63, 3.8) is 0 Å². The van der Waals surface area contributed by atoms with Gasteiger partial charge in [-0.2, -0.15) is 0 Å². The van der Waals surface area contributed by atoms with Crippen LogP contribution in [0.1, 0.15) is 5.56 Å². The third kappa shape index (κ3) is 4.52. The molecule has 2 N–H and O–H groups in total. The highest BCUT2D eigenvalue weighted by Crippen LogP contribution is 2.17. The quantitative estimate of drug-likeness (QED) is 0.603. The van der Waals surface area contributed by atoms with Crippen molar-refractivity contribution in [2.24, 2.45) is 0 Å². The van der Waals surface area contributed by atoms with E-state index in [9.17, 15) is 0 Å². The molecule has 0 radical (unpaired) electrons. The first-order valence-electron chi connectivity index (χ1n) is 5.10. The van der Waals surface area contributed by atoms with Crippen LogP contribution in [0.3, 0.4) is 0 Å². The molecule has 5 heteroatoms. The van der Waals surface area contributed by atoms with Crippen LogP contribution in [-0.2, 0) is 0 Å². The highest BCUT2D eigenvalue weighted by Gasteiger charge is 2.05. The zero-order valence-electron chi connectivity index (χ0n) is 9.47. The molecule has 0 saturated carbocycles. The van der Waals surface area contributed by atoms with Crippen LogP contribution in [0.25, 0.3) is 0 Å². The van der Waals surface area contributed by atoms with E-state index >= 15 is 0 Å². The number of nitrogens with one attached hydrogen (secondary N) is 2. The van der Waals surface area contributed by atoms with E-state index in [-0.39, 0.29) is 0 Å². The van der Waals surface area contributed by atoms with Crippen molar-refractivity contribution < 1.29 is 4.74 Å². The smallest absolute Gasteiger partial charge is 0.119 e. The molecule has 0 aliphatic rings. The standard InChI is InChI=1S/C12H14Br2N2O/c1-16-8-11(14)12(15)9-2-4-10(5-3-9)17-7-6-13/h2-5,8,15-16H,6-7H2,1H3/b11-8+,15-12?. The molecule has 17 heavy (non-hydrogen) atoms. The highest BCUT2D eigenvalue weighted by molar-refractivity contribution is 9.12. The maximum absolute atomic E-state index is 7.94. The maximum Gasteiger partial charge on any atom is 0.119 e. The number of rotatable bonds is 6. The molecule has 1 aromatic carbocycles. The topological polar surface area (TPSA) is 45.1 Å². The van der Waals surface area contributed by atoms with Crippen LogP contribution >= 0.6 is 31.9 Å². The number of hydrogen-bond acceptors (Lipinski definition) is 3. The summed E-state index contributed by atoms with van der Waals surface area (Å²) in [5.41, 5.74) is 1.28. The molecule has 0 amide bonds. The Kier molecular flexibility index (Phi) is 6.29. The summed E-state index contributed by atoms with van der Waals surface area (Å²) in [5.74, 6) is 0.815. The molecule has 3 nitrogen and oxygen atoms in total. The summed E-state index contributed by atoms with van der Waals surface area (Å²) in [5, 5.41) is 11.6. The van der Waals surface area contributed by atoms with E-state index in [2.05, 4.69) is 37.2 Å². The van der Waals surface area contributed by atoms with Gasteiger partial charge in [-0.15, -0.1) is 0 Å². The lowest BCUT2D eigenvalue weighted by Crippen LogP contribution is -2.03. The average Bonchev–Trinajstić information content (AvgIpc) is 2.36. The second-order valence-electron chi connectivity index (χ2n) is 3.22. The Labute approximate surface area is 118 Å². The zero-order chi connectivity index (χ0) is 12.7. The predicted octanol–water partition coefficient (Wildman–Crippen LogP) is 3.28. The molecule has 1 rings (SSSR count). The second-order valence-corrected chi connectivity index (χ2v) is 4.87. The summed E-state index contributed by atoms with van der Waals surface area (Å²) in [4.78, 5) is 0. The van der Waals surface area contributed by atoms with E-state index < -0.39 is 0 Å². The number of halogens is 2. The van der Waals surface area contributed by atoms with Gasteiger partial charge in [-0.25, -0.2) is 0 Å². The van der Waals surface area contributed by atoms with Gasteiger partial charge in [-0.3, -0.25) is 5.41 Å². The first-order valence-corrected chi connectivity index (χ1v) is 7.01. The van der Waals surface area contributed by atoms with Gasteiger partial charge < -0.3 is 10.1 Å². The molecule has 0 saturated heterocycles. The summed E-state index contributed by atoms with van der Waals surface area (Å²) >= 11 is 6.64. The van der Waals surface area contributed by atoms with Crippen molar-refractivity contribution >= 4 is 37.6 Å². The largest absolute Gasteiger partial charge is 0.493 e. The van der Waals surface area contributed by atoms with Crippen LogP contribution in [0.15, 0.2) is 34.9 Å². The molecule has 0 aliphatic heterocycles. The number of benzene rings is 1. The summed E-state index contributed by atoms with van der Waals surface area (Å²) in [6, 6.07) is 7.48. The lowest BCUT2D eigenvalue weighted by molar-refractivity contribution is 0.345. The lowest BCUT2D eigenvalue weighted by Gasteiger charge is -2.06.